The highest BCUT2D eigenvalue weighted by molar-refractivity contribution is 6.21. The number of rotatable bonds is 4. The molecule has 158 valence electrons. The summed E-state index contributed by atoms with van der Waals surface area (Å²) in [7, 11) is 0. The van der Waals surface area contributed by atoms with Crippen LogP contribution < -0.4 is 0 Å². The number of imide groups is 1. The molecule has 0 saturated carbocycles. The maximum absolute atomic E-state index is 12.8. The van der Waals surface area contributed by atoms with Crippen LogP contribution in [0.4, 0.5) is 0 Å². The number of hydrogen-bond donors (Lipinski definition) is 0. The number of fused-ring (bicyclic) bond motifs is 2. The Balaban J connectivity index is 1.62. The molecule has 31 heavy (non-hydrogen) atoms. The Hall–Kier alpha value is -3.47. The topological polar surface area (TPSA) is 63.7 Å². The zero-order valence-corrected chi connectivity index (χ0v) is 17.9. The minimum absolute atomic E-state index is 0.154. The van der Waals surface area contributed by atoms with E-state index in [-0.39, 0.29) is 36.7 Å². The first kappa shape index (κ1) is 20.8. The van der Waals surface area contributed by atoms with E-state index < -0.39 is 5.60 Å². The van der Waals surface area contributed by atoms with Crippen LogP contribution in [0.25, 0.3) is 6.08 Å². The molecule has 0 fully saturated rings. The molecule has 1 atom stereocenters. The lowest BCUT2D eigenvalue weighted by molar-refractivity contribution is -0.155. The summed E-state index contributed by atoms with van der Waals surface area (Å²) < 4.78 is 5.53. The summed E-state index contributed by atoms with van der Waals surface area (Å²) >= 11 is 0. The van der Waals surface area contributed by atoms with Crippen LogP contribution in [-0.4, -0.2) is 34.8 Å². The van der Waals surface area contributed by atoms with Crippen LogP contribution in [-0.2, 0) is 9.53 Å². The third-order valence-corrected chi connectivity index (χ3v) is 5.31. The van der Waals surface area contributed by atoms with E-state index >= 15 is 0 Å². The monoisotopic (exact) mass is 415 g/mol. The minimum atomic E-state index is -0.563. The Bertz CT molecular complexity index is 1090. The zero-order valence-electron chi connectivity index (χ0n) is 17.9. The first-order valence-electron chi connectivity index (χ1n) is 10.4. The van der Waals surface area contributed by atoms with Gasteiger partial charge in [-0.3, -0.25) is 19.3 Å². The van der Waals surface area contributed by atoms with Crippen LogP contribution >= 0.6 is 0 Å². The van der Waals surface area contributed by atoms with Gasteiger partial charge in [0.25, 0.3) is 11.8 Å². The number of amides is 2. The molecule has 2 aromatic carbocycles. The van der Waals surface area contributed by atoms with E-state index in [1.54, 1.807) is 24.3 Å². The summed E-state index contributed by atoms with van der Waals surface area (Å²) in [6.07, 6.45) is 6.03. The van der Waals surface area contributed by atoms with Gasteiger partial charge < -0.3 is 4.74 Å². The van der Waals surface area contributed by atoms with Crippen molar-refractivity contribution in [2.75, 3.05) is 6.54 Å². The second-order valence-electron chi connectivity index (χ2n) is 8.84. The Morgan fingerprint density at radius 1 is 0.935 bits per heavy atom. The first-order chi connectivity index (χ1) is 14.7. The molecule has 0 aromatic heterocycles. The van der Waals surface area contributed by atoms with Crippen molar-refractivity contribution in [1.29, 1.82) is 0 Å². The molecule has 0 radical (unpaired) electrons. The first-order valence-corrected chi connectivity index (χ1v) is 10.4. The lowest BCUT2D eigenvalue weighted by Gasteiger charge is -2.22. The van der Waals surface area contributed by atoms with E-state index in [1.165, 1.54) is 4.90 Å². The Morgan fingerprint density at radius 2 is 1.55 bits per heavy atom. The molecule has 2 aromatic rings. The second kappa shape index (κ2) is 7.99. The van der Waals surface area contributed by atoms with Gasteiger partial charge in [0.2, 0.25) is 0 Å². The van der Waals surface area contributed by atoms with E-state index in [0.29, 0.717) is 11.1 Å². The predicted molar refractivity (Wildman–Crippen MR) is 119 cm³/mol. The van der Waals surface area contributed by atoms with Crippen molar-refractivity contribution in [3.8, 4) is 0 Å². The molecule has 0 spiro atoms. The average molecular weight is 415 g/mol. The quantitative estimate of drug-likeness (QED) is 0.534. The molecule has 1 aliphatic heterocycles. The van der Waals surface area contributed by atoms with Gasteiger partial charge in [-0.2, -0.15) is 0 Å². The number of nitrogens with zero attached hydrogens (tertiary/aromatic N) is 1. The number of esters is 1. The van der Waals surface area contributed by atoms with Crippen LogP contribution in [0, 0.1) is 0 Å². The summed E-state index contributed by atoms with van der Waals surface area (Å²) in [4.78, 5) is 39.4. The summed E-state index contributed by atoms with van der Waals surface area (Å²) in [5.41, 5.74) is 3.12. The largest absolute Gasteiger partial charge is 0.460 e. The van der Waals surface area contributed by atoms with Gasteiger partial charge in [0.15, 0.2) is 0 Å². The fourth-order valence-electron chi connectivity index (χ4n) is 4.00. The SMILES string of the molecule is CC(C)(C)OC(=O)CC1C=C(CN2C(=O)c3ccccc3C2=O)C=Cc2ccccc21. The maximum atomic E-state index is 12.8. The van der Waals surface area contributed by atoms with Crippen LogP contribution in [0.5, 0.6) is 0 Å². The van der Waals surface area contributed by atoms with Gasteiger partial charge in [0, 0.05) is 5.92 Å². The minimum Gasteiger partial charge on any atom is -0.460 e. The third kappa shape index (κ3) is 4.36. The normalized spacial score (nSPS) is 17.7. The molecule has 1 heterocycles. The highest BCUT2D eigenvalue weighted by atomic mass is 16.6. The van der Waals surface area contributed by atoms with Gasteiger partial charge >= 0.3 is 5.97 Å². The molecule has 2 aliphatic rings. The lowest BCUT2D eigenvalue weighted by atomic mass is 9.91. The smallest absolute Gasteiger partial charge is 0.307 e. The number of ether oxygens (including phenoxy) is 1. The van der Waals surface area contributed by atoms with Crippen LogP contribution in [0.1, 0.15) is 65.0 Å². The Kier molecular flexibility index (Phi) is 5.36. The summed E-state index contributed by atoms with van der Waals surface area (Å²) in [6.45, 7) is 5.69. The Morgan fingerprint density at radius 3 is 2.19 bits per heavy atom. The predicted octanol–water partition coefficient (Wildman–Crippen LogP) is 4.75. The van der Waals surface area contributed by atoms with Crippen LogP contribution in [0.3, 0.4) is 0 Å². The van der Waals surface area contributed by atoms with E-state index in [1.807, 2.05) is 63.3 Å². The molecule has 4 rings (SSSR count). The maximum Gasteiger partial charge on any atom is 0.307 e. The van der Waals surface area contributed by atoms with Crippen LogP contribution in [0.2, 0.25) is 0 Å². The van der Waals surface area contributed by atoms with Crippen molar-refractivity contribution in [3.63, 3.8) is 0 Å². The van der Waals surface area contributed by atoms with E-state index in [4.69, 9.17) is 4.74 Å². The molecule has 0 bridgehead atoms. The van der Waals surface area contributed by atoms with Gasteiger partial charge in [0.05, 0.1) is 24.1 Å². The highest BCUT2D eigenvalue weighted by Crippen LogP contribution is 2.32. The summed E-state index contributed by atoms with van der Waals surface area (Å²) in [6, 6.07) is 14.7. The van der Waals surface area contributed by atoms with Crippen molar-refractivity contribution in [2.24, 2.45) is 0 Å². The number of carbonyl (C=O) groups is 3. The number of allylic oxidation sites excluding steroid dienone is 1. The fraction of sp³-hybridized carbons (Fsp3) is 0.269. The van der Waals surface area contributed by atoms with Gasteiger partial charge in [-0.25, -0.2) is 0 Å². The summed E-state index contributed by atoms with van der Waals surface area (Å²) in [5.74, 6) is -1.09. The average Bonchev–Trinajstić information content (AvgIpc) is 2.85. The molecule has 1 unspecified atom stereocenters. The number of benzene rings is 2. The van der Waals surface area contributed by atoms with Gasteiger partial charge in [-0.15, -0.1) is 0 Å². The van der Waals surface area contributed by atoms with Gasteiger partial charge in [0.1, 0.15) is 5.60 Å². The Labute approximate surface area is 182 Å². The number of hydrogen-bond acceptors (Lipinski definition) is 4. The van der Waals surface area contributed by atoms with Crippen LogP contribution in [0.15, 0.2) is 66.3 Å². The molecule has 0 N–H and O–H groups in total. The van der Waals surface area contributed by atoms with Crippen molar-refractivity contribution in [2.45, 2.75) is 38.7 Å². The van der Waals surface area contributed by atoms with Gasteiger partial charge in [-0.1, -0.05) is 54.6 Å². The lowest BCUT2D eigenvalue weighted by Crippen LogP contribution is -2.31. The molecule has 5 nitrogen and oxygen atoms in total. The molecular weight excluding hydrogens is 390 g/mol. The number of carbonyl (C=O) groups excluding carboxylic acids is 3. The molecule has 1 aliphatic carbocycles. The zero-order chi connectivity index (χ0) is 22.2. The highest BCUT2D eigenvalue weighted by Gasteiger charge is 2.35. The standard InChI is InChI=1S/C26H25NO4/c1-26(2,3)31-23(28)15-19-14-17(12-13-18-8-4-5-9-20(18)19)16-27-24(29)21-10-6-7-11-22(21)25(27)30/h4-14,19H,15-16H2,1-3H3. The fourth-order valence-corrected chi connectivity index (χ4v) is 4.00. The van der Waals surface area contributed by atoms with Gasteiger partial charge in [-0.05, 0) is 49.6 Å². The second-order valence-corrected chi connectivity index (χ2v) is 8.84. The van der Waals surface area contributed by atoms with Crippen molar-refractivity contribution in [3.05, 3.63) is 88.5 Å². The van der Waals surface area contributed by atoms with E-state index in [9.17, 15) is 14.4 Å². The molecule has 0 saturated heterocycles. The van der Waals surface area contributed by atoms with Crippen molar-refractivity contribution < 1.29 is 19.1 Å². The van der Waals surface area contributed by atoms with Crippen molar-refractivity contribution in [1.82, 2.24) is 4.90 Å². The third-order valence-electron chi connectivity index (χ3n) is 5.31. The molecule has 2 amide bonds. The molecule has 5 heteroatoms. The summed E-state index contributed by atoms with van der Waals surface area (Å²) in [5, 5.41) is 0. The van der Waals surface area contributed by atoms with E-state index in [2.05, 4.69) is 0 Å². The molecular formula is C26H25NO4. The van der Waals surface area contributed by atoms with E-state index in [0.717, 1.165) is 16.7 Å². The van der Waals surface area contributed by atoms with Crippen molar-refractivity contribution >= 4 is 23.9 Å².